The maximum absolute atomic E-state index is 10.7. The maximum Gasteiger partial charge on any atom is 0.319 e. The molecule has 0 saturated carbocycles. The third kappa shape index (κ3) is 1.26. The van der Waals surface area contributed by atoms with Gasteiger partial charge in [-0.05, 0) is 11.8 Å². The highest BCUT2D eigenvalue weighted by Crippen LogP contribution is 2.26. The van der Waals surface area contributed by atoms with Gasteiger partial charge >= 0.3 is 6.03 Å². The quantitative estimate of drug-likeness (QED) is 0.625. The van der Waals surface area contributed by atoms with Crippen LogP contribution in [0.5, 0.6) is 0 Å². The Kier molecular flexibility index (Phi) is 2.21. The van der Waals surface area contributed by atoms with Crippen LogP contribution in [0.4, 0.5) is 4.79 Å². The van der Waals surface area contributed by atoms with Crippen LogP contribution in [0.15, 0.2) is 11.6 Å². The molecular weight excluding hydrogens is 148 g/mol. The predicted octanol–water partition coefficient (Wildman–Crippen LogP) is 1.32. The van der Waals surface area contributed by atoms with Gasteiger partial charge in [-0.25, -0.2) is 4.79 Å². The molecule has 3 nitrogen and oxygen atoms in total. The molecule has 4 heteroatoms. The fraction of sp³-hybridized carbons (Fsp3) is 0.500. The highest BCUT2D eigenvalue weighted by atomic mass is 32.2. The summed E-state index contributed by atoms with van der Waals surface area (Å²) in [6.45, 7) is 2.03. The number of carbonyl (C=O) groups excluding carboxylic acids is 1. The van der Waals surface area contributed by atoms with Gasteiger partial charge in [-0.3, -0.25) is 4.90 Å². The third-order valence-electron chi connectivity index (χ3n) is 1.37. The Morgan fingerprint density at radius 1 is 1.90 bits per heavy atom. The monoisotopic (exact) mass is 158 g/mol. The summed E-state index contributed by atoms with van der Waals surface area (Å²) in [7, 11) is 0. The van der Waals surface area contributed by atoms with Gasteiger partial charge in [0.2, 0.25) is 0 Å². The van der Waals surface area contributed by atoms with Crippen molar-refractivity contribution in [3.8, 4) is 0 Å². The number of rotatable bonds is 1. The van der Waals surface area contributed by atoms with E-state index in [2.05, 4.69) is 0 Å². The molecule has 1 aliphatic rings. The zero-order valence-electron chi connectivity index (χ0n) is 5.78. The van der Waals surface area contributed by atoms with Crippen LogP contribution < -0.4 is 5.73 Å². The molecule has 0 aromatic rings. The molecule has 10 heavy (non-hydrogen) atoms. The van der Waals surface area contributed by atoms with Gasteiger partial charge in [-0.15, -0.1) is 11.8 Å². The Hall–Kier alpha value is -0.640. The summed E-state index contributed by atoms with van der Waals surface area (Å²) in [5.41, 5.74) is 5.09. The van der Waals surface area contributed by atoms with Crippen LogP contribution >= 0.6 is 11.8 Å². The van der Waals surface area contributed by atoms with Crippen molar-refractivity contribution >= 4 is 17.8 Å². The fourth-order valence-electron chi connectivity index (χ4n) is 0.861. The van der Waals surface area contributed by atoms with Gasteiger partial charge in [-0.1, -0.05) is 6.92 Å². The van der Waals surface area contributed by atoms with Crippen molar-refractivity contribution in [3.05, 3.63) is 11.6 Å². The number of nitrogens with two attached hydrogens (primary N) is 1. The SMILES string of the molecule is CCC1SC=CN1C(N)=O. The molecule has 0 fully saturated rings. The van der Waals surface area contributed by atoms with Crippen LogP contribution in [0.1, 0.15) is 13.3 Å². The third-order valence-corrected chi connectivity index (χ3v) is 2.52. The number of primary amides is 1. The van der Waals surface area contributed by atoms with E-state index in [0.29, 0.717) is 0 Å². The maximum atomic E-state index is 10.7. The fourth-order valence-corrected chi connectivity index (χ4v) is 1.74. The second-order valence-corrected chi connectivity index (χ2v) is 3.12. The normalized spacial score (nSPS) is 23.7. The van der Waals surface area contributed by atoms with Crippen molar-refractivity contribution in [2.24, 2.45) is 5.73 Å². The minimum Gasteiger partial charge on any atom is -0.351 e. The molecular formula is C6H10N2OS. The Morgan fingerprint density at radius 3 is 3.00 bits per heavy atom. The van der Waals surface area contributed by atoms with Crippen molar-refractivity contribution in [3.63, 3.8) is 0 Å². The largest absolute Gasteiger partial charge is 0.351 e. The Balaban J connectivity index is 2.57. The van der Waals surface area contributed by atoms with Crippen LogP contribution in [-0.2, 0) is 0 Å². The van der Waals surface area contributed by atoms with Gasteiger partial charge in [-0.2, -0.15) is 0 Å². The van der Waals surface area contributed by atoms with E-state index in [1.165, 1.54) is 0 Å². The van der Waals surface area contributed by atoms with Gasteiger partial charge in [0.15, 0.2) is 0 Å². The van der Waals surface area contributed by atoms with Crippen LogP contribution in [0.2, 0.25) is 0 Å². The topological polar surface area (TPSA) is 46.3 Å². The van der Waals surface area contributed by atoms with Gasteiger partial charge in [0.25, 0.3) is 0 Å². The summed E-state index contributed by atoms with van der Waals surface area (Å²) >= 11 is 1.62. The molecule has 2 N–H and O–H groups in total. The number of urea groups is 1. The summed E-state index contributed by atoms with van der Waals surface area (Å²) in [6, 6.07) is -0.367. The molecule has 0 aliphatic carbocycles. The zero-order chi connectivity index (χ0) is 7.56. The summed E-state index contributed by atoms with van der Waals surface area (Å²) in [4.78, 5) is 12.2. The van der Waals surface area contributed by atoms with E-state index in [1.807, 2.05) is 12.3 Å². The van der Waals surface area contributed by atoms with E-state index in [4.69, 9.17) is 5.73 Å². The average Bonchev–Trinajstić information content (AvgIpc) is 2.33. The number of thioether (sulfide) groups is 1. The highest BCUT2D eigenvalue weighted by molar-refractivity contribution is 8.02. The molecule has 1 atom stereocenters. The minimum atomic E-state index is -0.367. The van der Waals surface area contributed by atoms with Gasteiger partial charge in [0.05, 0.1) is 5.37 Å². The average molecular weight is 158 g/mol. The molecule has 0 bridgehead atoms. The first-order chi connectivity index (χ1) is 4.75. The van der Waals surface area contributed by atoms with Crippen LogP contribution in [0.3, 0.4) is 0 Å². The van der Waals surface area contributed by atoms with E-state index < -0.39 is 0 Å². The lowest BCUT2D eigenvalue weighted by molar-refractivity contribution is 0.222. The van der Waals surface area contributed by atoms with Crippen molar-refractivity contribution in [2.75, 3.05) is 0 Å². The second kappa shape index (κ2) is 2.96. The lowest BCUT2D eigenvalue weighted by Crippen LogP contribution is -2.35. The van der Waals surface area contributed by atoms with Crippen LogP contribution in [0, 0.1) is 0 Å². The molecule has 0 aromatic carbocycles. The first kappa shape index (κ1) is 7.47. The molecule has 0 aromatic heterocycles. The Labute approximate surface area is 64.3 Å². The molecule has 0 radical (unpaired) electrons. The molecule has 0 spiro atoms. The van der Waals surface area contributed by atoms with Crippen molar-refractivity contribution < 1.29 is 4.79 Å². The number of hydrogen-bond acceptors (Lipinski definition) is 2. The number of carbonyl (C=O) groups is 1. The Bertz CT molecular complexity index is 169. The second-order valence-electron chi connectivity index (χ2n) is 2.03. The zero-order valence-corrected chi connectivity index (χ0v) is 6.60. The summed E-state index contributed by atoms with van der Waals surface area (Å²) in [5.74, 6) is 0. The first-order valence-corrected chi connectivity index (χ1v) is 4.10. The molecule has 1 heterocycles. The molecule has 1 rings (SSSR count). The Morgan fingerprint density at radius 2 is 2.60 bits per heavy atom. The van der Waals surface area contributed by atoms with Gasteiger partial charge in [0, 0.05) is 6.20 Å². The molecule has 56 valence electrons. The van der Waals surface area contributed by atoms with E-state index in [9.17, 15) is 4.79 Å². The van der Waals surface area contributed by atoms with Crippen molar-refractivity contribution in [2.45, 2.75) is 18.7 Å². The van der Waals surface area contributed by atoms with E-state index in [-0.39, 0.29) is 11.4 Å². The predicted molar refractivity (Wildman–Crippen MR) is 42.2 cm³/mol. The number of hydrogen-bond donors (Lipinski definition) is 1. The molecule has 2 amide bonds. The van der Waals surface area contributed by atoms with E-state index in [0.717, 1.165) is 6.42 Å². The smallest absolute Gasteiger partial charge is 0.319 e. The van der Waals surface area contributed by atoms with E-state index in [1.54, 1.807) is 22.9 Å². The highest BCUT2D eigenvalue weighted by Gasteiger charge is 2.21. The lowest BCUT2D eigenvalue weighted by atomic mass is 10.4. The lowest BCUT2D eigenvalue weighted by Gasteiger charge is -2.18. The van der Waals surface area contributed by atoms with Gasteiger partial charge < -0.3 is 5.73 Å². The van der Waals surface area contributed by atoms with E-state index >= 15 is 0 Å². The van der Waals surface area contributed by atoms with Crippen LogP contribution in [0.25, 0.3) is 0 Å². The molecule has 1 aliphatic heterocycles. The summed E-state index contributed by atoms with van der Waals surface area (Å²) in [5, 5.41) is 2.11. The summed E-state index contributed by atoms with van der Waals surface area (Å²) < 4.78 is 0. The standard InChI is InChI=1S/C6H10N2OS/c1-2-5-8(6(7)9)3-4-10-5/h3-5H,2H2,1H3,(H2,7,9). The summed E-state index contributed by atoms with van der Waals surface area (Å²) in [6.07, 6.45) is 2.65. The number of amides is 2. The van der Waals surface area contributed by atoms with Crippen molar-refractivity contribution in [1.82, 2.24) is 4.90 Å². The van der Waals surface area contributed by atoms with Gasteiger partial charge in [0.1, 0.15) is 0 Å². The number of nitrogens with zero attached hydrogens (tertiary/aromatic N) is 1. The minimum absolute atomic E-state index is 0.220. The molecule has 0 saturated heterocycles. The molecule has 1 unspecified atom stereocenters. The first-order valence-electron chi connectivity index (χ1n) is 3.15. The van der Waals surface area contributed by atoms with Crippen LogP contribution in [-0.4, -0.2) is 16.3 Å². The van der Waals surface area contributed by atoms with Crippen molar-refractivity contribution in [1.29, 1.82) is 0 Å².